The van der Waals surface area contributed by atoms with E-state index in [2.05, 4.69) is 0 Å². The number of benzene rings is 3. The number of hydrogen-bond donors (Lipinski definition) is 3. The molecule has 0 fully saturated rings. The minimum atomic E-state index is -1.21. The number of carboxylic acids is 3. The fourth-order valence-corrected chi connectivity index (χ4v) is 2.85. The molecule has 0 spiro atoms. The van der Waals surface area contributed by atoms with Crippen molar-refractivity contribution >= 4 is 17.9 Å². The van der Waals surface area contributed by atoms with E-state index in [0.717, 1.165) is 16.7 Å². The number of hydrogen-bond acceptors (Lipinski definition) is 9. The Kier molecular flexibility index (Phi) is 16.9. The summed E-state index contributed by atoms with van der Waals surface area (Å²) in [5.41, 5.74) is 18.6. The fraction of sp³-hybridized carbons (Fsp3) is 0.222. The monoisotopic (exact) mass is 544 g/mol. The van der Waals surface area contributed by atoms with Crippen molar-refractivity contribution in [2.24, 2.45) is 17.2 Å². The van der Waals surface area contributed by atoms with Gasteiger partial charge in [-0.2, -0.15) is 0 Å². The van der Waals surface area contributed by atoms with Gasteiger partial charge >= 0.3 is 17.4 Å². The van der Waals surface area contributed by atoms with Crippen LogP contribution in [0.1, 0.15) is 16.7 Å². The average Bonchev–Trinajstić information content (AvgIpc) is 2.86. The van der Waals surface area contributed by atoms with E-state index in [9.17, 15) is 29.7 Å². The van der Waals surface area contributed by atoms with E-state index < -0.39 is 36.0 Å². The summed E-state index contributed by atoms with van der Waals surface area (Å²) in [5, 5.41) is 30.8. The summed E-state index contributed by atoms with van der Waals surface area (Å²) < 4.78 is 0. The Bertz CT molecular complexity index is 919. The third-order valence-corrected chi connectivity index (χ3v) is 4.80. The van der Waals surface area contributed by atoms with Gasteiger partial charge < -0.3 is 46.9 Å². The Balaban J connectivity index is 0.000000518. The van der Waals surface area contributed by atoms with Crippen molar-refractivity contribution in [3.8, 4) is 0 Å². The number of rotatable bonds is 9. The minimum Gasteiger partial charge on any atom is -0.548 e. The van der Waals surface area contributed by atoms with Gasteiger partial charge in [0.25, 0.3) is 0 Å². The predicted molar refractivity (Wildman–Crippen MR) is 129 cm³/mol. The van der Waals surface area contributed by atoms with Crippen molar-refractivity contribution in [2.75, 3.05) is 0 Å². The van der Waals surface area contributed by atoms with Crippen LogP contribution < -0.4 is 32.5 Å². The van der Waals surface area contributed by atoms with E-state index in [-0.39, 0.29) is 17.4 Å². The maximum absolute atomic E-state index is 10.3. The van der Waals surface area contributed by atoms with E-state index >= 15 is 0 Å². The minimum absolute atomic E-state index is 0. The molecular weight excluding hydrogens is 514 g/mol. The summed E-state index contributed by atoms with van der Waals surface area (Å²) in [6, 6.07) is 25.0. The molecule has 0 aliphatic rings. The number of nitrogens with two attached hydrogens (primary N) is 3. The van der Waals surface area contributed by atoms with Gasteiger partial charge in [-0.05, 0) is 36.0 Å². The molecule has 6 N–H and O–H groups in total. The van der Waals surface area contributed by atoms with Gasteiger partial charge in [-0.15, -0.1) is 0 Å². The molecular formula is C27H30CrN3O6. The summed E-state index contributed by atoms with van der Waals surface area (Å²) in [7, 11) is 0. The van der Waals surface area contributed by atoms with Crippen LogP contribution in [0.25, 0.3) is 0 Å². The first-order valence-electron chi connectivity index (χ1n) is 11.1. The van der Waals surface area contributed by atoms with Gasteiger partial charge in [0, 0.05) is 18.1 Å². The van der Waals surface area contributed by atoms with Crippen LogP contribution in [-0.4, -0.2) is 36.0 Å². The van der Waals surface area contributed by atoms with Crippen LogP contribution in [0.3, 0.4) is 0 Å². The summed E-state index contributed by atoms with van der Waals surface area (Å²) in [5.74, 6) is -3.63. The Labute approximate surface area is 227 Å². The molecule has 0 heterocycles. The van der Waals surface area contributed by atoms with E-state index in [0.29, 0.717) is 19.3 Å². The van der Waals surface area contributed by atoms with Crippen LogP contribution >= 0.6 is 0 Å². The average molecular weight is 545 g/mol. The number of carbonyl (C=O) groups excluding carboxylic acids is 3. The van der Waals surface area contributed by atoms with Gasteiger partial charge in [-0.25, -0.2) is 0 Å². The summed E-state index contributed by atoms with van der Waals surface area (Å²) >= 11 is 0. The summed E-state index contributed by atoms with van der Waals surface area (Å²) in [4.78, 5) is 30.8. The van der Waals surface area contributed by atoms with Crippen molar-refractivity contribution < 1.29 is 47.1 Å². The molecule has 3 rings (SSSR count). The van der Waals surface area contributed by atoms with Gasteiger partial charge in [0.05, 0.1) is 17.9 Å². The van der Waals surface area contributed by atoms with Crippen LogP contribution in [0.15, 0.2) is 91.0 Å². The molecule has 0 bridgehead atoms. The molecule has 0 amide bonds. The molecule has 0 saturated heterocycles. The SMILES string of the molecule is NC(Cc1ccccc1)C(=O)[O-].NC(Cc1ccccc1)C(=O)[O-].NC(Cc1ccccc1)C(=O)[O-].[Cr+3]. The standard InChI is InChI=1S/3C9H11NO2.Cr/c3*10-8(9(11)12)6-7-4-2-1-3-5-7;/h3*1-5,8H,6,10H2,(H,11,12);/q;;;+3/p-3. The van der Waals surface area contributed by atoms with Gasteiger partial charge in [0.2, 0.25) is 0 Å². The first kappa shape index (κ1) is 33.5. The zero-order chi connectivity index (χ0) is 26.9. The van der Waals surface area contributed by atoms with Crippen molar-refractivity contribution in [2.45, 2.75) is 37.4 Å². The maximum atomic E-state index is 10.3. The van der Waals surface area contributed by atoms with E-state index in [1.54, 1.807) is 0 Å². The molecule has 0 aromatic heterocycles. The summed E-state index contributed by atoms with van der Waals surface area (Å²) in [6.45, 7) is 0. The quantitative estimate of drug-likeness (QED) is 0.270. The van der Waals surface area contributed by atoms with E-state index in [4.69, 9.17) is 17.2 Å². The summed E-state index contributed by atoms with van der Waals surface area (Å²) in [6.07, 6.45) is 0.968. The Morgan fingerprint density at radius 3 is 0.838 bits per heavy atom. The molecule has 0 aliphatic heterocycles. The normalized spacial score (nSPS) is 12.1. The van der Waals surface area contributed by atoms with Gasteiger partial charge in [0.1, 0.15) is 0 Å². The molecule has 9 nitrogen and oxygen atoms in total. The second-order valence-electron chi connectivity index (χ2n) is 7.85. The number of carbonyl (C=O) groups is 3. The molecule has 1 radical (unpaired) electrons. The molecule has 3 unspecified atom stereocenters. The topological polar surface area (TPSA) is 198 Å². The molecule has 195 valence electrons. The van der Waals surface area contributed by atoms with E-state index in [1.165, 1.54) is 0 Å². The molecule has 3 aromatic carbocycles. The Morgan fingerprint density at radius 1 is 0.486 bits per heavy atom. The third kappa shape index (κ3) is 15.3. The van der Waals surface area contributed by atoms with Crippen LogP contribution in [0, 0.1) is 0 Å². The van der Waals surface area contributed by atoms with E-state index in [1.807, 2.05) is 91.0 Å². The number of aliphatic carboxylic acids is 3. The smallest absolute Gasteiger partial charge is 0.548 e. The van der Waals surface area contributed by atoms with Crippen molar-refractivity contribution in [1.82, 2.24) is 0 Å². The zero-order valence-electron chi connectivity index (χ0n) is 20.1. The Morgan fingerprint density at radius 2 is 0.676 bits per heavy atom. The third-order valence-electron chi connectivity index (χ3n) is 4.80. The van der Waals surface area contributed by atoms with Gasteiger partial charge in [0.15, 0.2) is 0 Å². The van der Waals surface area contributed by atoms with Crippen LogP contribution in [0.2, 0.25) is 0 Å². The van der Waals surface area contributed by atoms with Crippen LogP contribution in [-0.2, 0) is 51.0 Å². The van der Waals surface area contributed by atoms with Gasteiger partial charge in [-0.3, -0.25) is 0 Å². The second kappa shape index (κ2) is 18.7. The van der Waals surface area contributed by atoms with Crippen molar-refractivity contribution in [3.63, 3.8) is 0 Å². The first-order chi connectivity index (χ1) is 17.1. The van der Waals surface area contributed by atoms with Gasteiger partial charge in [-0.1, -0.05) is 91.0 Å². The fourth-order valence-electron chi connectivity index (χ4n) is 2.85. The molecule has 3 atom stereocenters. The van der Waals surface area contributed by atoms with Crippen LogP contribution in [0.4, 0.5) is 0 Å². The molecule has 37 heavy (non-hydrogen) atoms. The number of carboxylic acid groups (broad SMARTS) is 3. The molecule has 3 aromatic rings. The van der Waals surface area contributed by atoms with Crippen molar-refractivity contribution in [3.05, 3.63) is 108 Å². The zero-order valence-corrected chi connectivity index (χ0v) is 21.4. The van der Waals surface area contributed by atoms with Crippen LogP contribution in [0.5, 0.6) is 0 Å². The molecule has 0 saturated carbocycles. The molecule has 10 heteroatoms. The second-order valence-corrected chi connectivity index (χ2v) is 7.85. The maximum Gasteiger partial charge on any atom is 3.00 e. The largest absolute Gasteiger partial charge is 3.00 e. The Hall–Kier alpha value is -3.52. The predicted octanol–water partition coefficient (Wildman–Crippen LogP) is -2.08. The first-order valence-corrected chi connectivity index (χ1v) is 11.1. The molecule has 0 aliphatic carbocycles. The van der Waals surface area contributed by atoms with Crippen molar-refractivity contribution in [1.29, 1.82) is 0 Å².